The van der Waals surface area contributed by atoms with Gasteiger partial charge in [0.05, 0.1) is 11.3 Å². The quantitative estimate of drug-likeness (QED) is 0.419. The van der Waals surface area contributed by atoms with E-state index >= 15 is 0 Å². The van der Waals surface area contributed by atoms with Crippen molar-refractivity contribution >= 4 is 40.1 Å². The minimum absolute atomic E-state index is 0.0395. The summed E-state index contributed by atoms with van der Waals surface area (Å²) < 4.78 is 0. The number of thioether (sulfide) groups is 1. The minimum Gasteiger partial charge on any atom is -0.370 e. The highest BCUT2D eigenvalue weighted by molar-refractivity contribution is 7.99. The Morgan fingerprint density at radius 1 is 0.964 bits per heavy atom. The minimum atomic E-state index is -0.0395. The number of carbonyl (C=O) groups excluding carboxylic acids is 1. The number of nitrogens with one attached hydrogen (secondary N) is 2. The van der Waals surface area contributed by atoms with Crippen molar-refractivity contribution in [2.24, 2.45) is 0 Å². The fraction of sp³-hybridized carbons (Fsp3) is 0.318. The third kappa shape index (κ3) is 4.62. The zero-order chi connectivity index (χ0) is 19.9. The molecule has 28 heavy (non-hydrogen) atoms. The number of rotatable bonds is 8. The van der Waals surface area contributed by atoms with Gasteiger partial charge in [0, 0.05) is 17.6 Å². The molecule has 0 aliphatic rings. The molecule has 0 atom stereocenters. The number of hydrogen-bond acceptors (Lipinski definition) is 5. The third-order valence-electron chi connectivity index (χ3n) is 4.52. The number of hydrogen-bond donors (Lipinski definition) is 2. The van der Waals surface area contributed by atoms with Crippen LogP contribution in [0, 0.1) is 0 Å². The Balaban J connectivity index is 1.75. The Hall–Kier alpha value is -2.60. The van der Waals surface area contributed by atoms with E-state index in [2.05, 4.69) is 46.6 Å². The van der Waals surface area contributed by atoms with Crippen LogP contribution in [0.2, 0.25) is 0 Å². The van der Waals surface area contributed by atoms with Gasteiger partial charge in [-0.05, 0) is 43.0 Å². The predicted molar refractivity (Wildman–Crippen MR) is 118 cm³/mol. The summed E-state index contributed by atoms with van der Waals surface area (Å²) in [5, 5.41) is 7.97. The number of benzene rings is 2. The maximum Gasteiger partial charge on any atom is 0.234 e. The van der Waals surface area contributed by atoms with Gasteiger partial charge in [0.2, 0.25) is 5.91 Å². The highest BCUT2D eigenvalue weighted by Gasteiger charge is 2.13. The molecule has 0 saturated carbocycles. The van der Waals surface area contributed by atoms with Gasteiger partial charge in [0.1, 0.15) is 5.82 Å². The molecule has 1 aromatic heterocycles. The molecule has 146 valence electrons. The lowest BCUT2D eigenvalue weighted by Crippen LogP contribution is -2.17. The number of aromatic nitrogens is 2. The molecule has 6 heteroatoms. The largest absolute Gasteiger partial charge is 0.370 e. The number of para-hydroxylation sites is 2. The van der Waals surface area contributed by atoms with Gasteiger partial charge < -0.3 is 10.6 Å². The number of carbonyl (C=O) groups is 1. The molecule has 0 fully saturated rings. The summed E-state index contributed by atoms with van der Waals surface area (Å²) in [6, 6.07) is 14.1. The molecule has 0 unspecified atom stereocenters. The Morgan fingerprint density at radius 2 is 1.68 bits per heavy atom. The molecule has 1 amide bonds. The number of anilines is 2. The van der Waals surface area contributed by atoms with E-state index in [-0.39, 0.29) is 11.7 Å². The summed E-state index contributed by atoms with van der Waals surface area (Å²) in [5.41, 5.74) is 4.15. The van der Waals surface area contributed by atoms with Crippen LogP contribution in [0.3, 0.4) is 0 Å². The van der Waals surface area contributed by atoms with Crippen LogP contribution in [0.15, 0.2) is 47.6 Å². The van der Waals surface area contributed by atoms with E-state index in [0.29, 0.717) is 5.16 Å². The molecular formula is C22H26N4OS. The van der Waals surface area contributed by atoms with Crippen molar-refractivity contribution < 1.29 is 4.79 Å². The van der Waals surface area contributed by atoms with Gasteiger partial charge >= 0.3 is 0 Å². The van der Waals surface area contributed by atoms with E-state index < -0.39 is 0 Å². The van der Waals surface area contributed by atoms with Gasteiger partial charge in [0.15, 0.2) is 5.16 Å². The van der Waals surface area contributed by atoms with Crippen molar-refractivity contribution in [2.75, 3.05) is 22.9 Å². The van der Waals surface area contributed by atoms with Crippen molar-refractivity contribution in [3.8, 4) is 0 Å². The molecule has 1 heterocycles. The Labute approximate surface area is 170 Å². The topological polar surface area (TPSA) is 66.9 Å². The molecule has 0 spiro atoms. The van der Waals surface area contributed by atoms with E-state index in [0.717, 1.165) is 52.9 Å². The molecule has 0 radical (unpaired) electrons. The lowest BCUT2D eigenvalue weighted by molar-refractivity contribution is -0.113. The first-order chi connectivity index (χ1) is 13.7. The first-order valence-corrected chi connectivity index (χ1v) is 10.7. The van der Waals surface area contributed by atoms with E-state index in [1.165, 1.54) is 11.8 Å². The second-order valence-corrected chi connectivity index (χ2v) is 7.34. The van der Waals surface area contributed by atoms with Crippen LogP contribution in [0.4, 0.5) is 11.5 Å². The molecule has 2 N–H and O–H groups in total. The standard InChI is InChI=1S/C22H26N4OS/c1-4-15-10-9-11-16(5-2)20(15)25-19(27)14-28-22-24-18-13-8-7-12-17(18)21(26-22)23-6-3/h7-13H,4-6,14H2,1-3H3,(H,25,27)(H,23,24,26). The van der Waals surface area contributed by atoms with Crippen molar-refractivity contribution in [3.63, 3.8) is 0 Å². The molecule has 2 aromatic carbocycles. The van der Waals surface area contributed by atoms with Crippen molar-refractivity contribution in [3.05, 3.63) is 53.6 Å². The van der Waals surface area contributed by atoms with Crippen LogP contribution in [-0.2, 0) is 17.6 Å². The predicted octanol–water partition coefficient (Wildman–Crippen LogP) is 4.92. The van der Waals surface area contributed by atoms with Gasteiger partial charge in [-0.3, -0.25) is 4.79 Å². The summed E-state index contributed by atoms with van der Waals surface area (Å²) in [7, 11) is 0. The van der Waals surface area contributed by atoms with Crippen LogP contribution in [0.25, 0.3) is 10.9 Å². The van der Waals surface area contributed by atoms with Crippen molar-refractivity contribution in [2.45, 2.75) is 38.8 Å². The van der Waals surface area contributed by atoms with Gasteiger partial charge in [-0.1, -0.05) is 55.9 Å². The molecular weight excluding hydrogens is 368 g/mol. The molecule has 0 saturated heterocycles. The number of amides is 1. The van der Waals surface area contributed by atoms with Gasteiger partial charge in [-0.25, -0.2) is 9.97 Å². The SMILES string of the molecule is CCNc1nc(SCC(=O)Nc2c(CC)cccc2CC)nc2ccccc12. The fourth-order valence-electron chi connectivity index (χ4n) is 3.13. The maximum absolute atomic E-state index is 12.6. The molecule has 0 bridgehead atoms. The van der Waals surface area contributed by atoms with Crippen molar-refractivity contribution in [1.82, 2.24) is 9.97 Å². The lowest BCUT2D eigenvalue weighted by atomic mass is 10.0. The van der Waals surface area contributed by atoms with Crippen LogP contribution in [-0.4, -0.2) is 28.2 Å². The summed E-state index contributed by atoms with van der Waals surface area (Å²) in [6.07, 6.45) is 1.77. The van der Waals surface area contributed by atoms with E-state index in [9.17, 15) is 4.79 Å². The van der Waals surface area contributed by atoms with E-state index in [1.807, 2.05) is 37.3 Å². The average molecular weight is 395 g/mol. The maximum atomic E-state index is 12.6. The van der Waals surface area contributed by atoms with Gasteiger partial charge in [0.25, 0.3) is 0 Å². The first-order valence-electron chi connectivity index (χ1n) is 9.70. The monoisotopic (exact) mass is 394 g/mol. The van der Waals surface area contributed by atoms with Crippen LogP contribution in [0.1, 0.15) is 31.9 Å². The number of fused-ring (bicyclic) bond motifs is 1. The normalized spacial score (nSPS) is 10.8. The zero-order valence-electron chi connectivity index (χ0n) is 16.6. The van der Waals surface area contributed by atoms with Gasteiger partial charge in [-0.15, -0.1) is 0 Å². The third-order valence-corrected chi connectivity index (χ3v) is 5.37. The summed E-state index contributed by atoms with van der Waals surface area (Å²) in [5.74, 6) is 1.04. The van der Waals surface area contributed by atoms with Crippen LogP contribution >= 0.6 is 11.8 Å². The Kier molecular flexibility index (Phi) is 6.87. The fourth-order valence-corrected chi connectivity index (χ4v) is 3.78. The number of aryl methyl sites for hydroxylation is 2. The van der Waals surface area contributed by atoms with E-state index in [4.69, 9.17) is 0 Å². The Morgan fingerprint density at radius 3 is 2.36 bits per heavy atom. The second-order valence-electron chi connectivity index (χ2n) is 6.40. The van der Waals surface area contributed by atoms with Crippen LogP contribution in [0.5, 0.6) is 0 Å². The second kappa shape index (κ2) is 9.55. The summed E-state index contributed by atoms with van der Waals surface area (Å²) in [4.78, 5) is 21.8. The molecule has 3 rings (SSSR count). The van der Waals surface area contributed by atoms with Crippen molar-refractivity contribution in [1.29, 1.82) is 0 Å². The highest BCUT2D eigenvalue weighted by Crippen LogP contribution is 2.26. The zero-order valence-corrected chi connectivity index (χ0v) is 17.4. The highest BCUT2D eigenvalue weighted by atomic mass is 32.2. The lowest BCUT2D eigenvalue weighted by Gasteiger charge is -2.14. The first kappa shape index (κ1) is 20.1. The van der Waals surface area contributed by atoms with Gasteiger partial charge in [-0.2, -0.15) is 0 Å². The Bertz CT molecular complexity index is 952. The molecule has 0 aliphatic heterocycles. The number of nitrogens with zero attached hydrogens (tertiary/aromatic N) is 2. The summed E-state index contributed by atoms with van der Waals surface area (Å²) >= 11 is 1.36. The molecule has 0 aliphatic carbocycles. The molecule has 3 aromatic rings. The smallest absolute Gasteiger partial charge is 0.234 e. The summed E-state index contributed by atoms with van der Waals surface area (Å²) in [6.45, 7) is 7.02. The molecule has 5 nitrogen and oxygen atoms in total. The average Bonchev–Trinajstić information content (AvgIpc) is 2.72. The van der Waals surface area contributed by atoms with E-state index in [1.54, 1.807) is 0 Å². The van der Waals surface area contributed by atoms with Crippen LogP contribution < -0.4 is 10.6 Å².